The van der Waals surface area contributed by atoms with Gasteiger partial charge >= 0.3 is 0 Å². The standard InChI is InChI=1S/C14H20ClNO3/c1-3-14(19,4-2)9-16-13(18)7-10-5-6-11(17)8-12(10)15/h5-6,8,17,19H,3-4,7,9H2,1-2H3,(H,16,18). The number of amides is 1. The minimum atomic E-state index is -0.853. The van der Waals surface area contributed by atoms with Crippen LogP contribution in [0.5, 0.6) is 5.75 Å². The molecule has 0 heterocycles. The lowest BCUT2D eigenvalue weighted by atomic mass is 9.97. The summed E-state index contributed by atoms with van der Waals surface area (Å²) in [4.78, 5) is 11.8. The van der Waals surface area contributed by atoms with Crippen LogP contribution in [0, 0.1) is 0 Å². The van der Waals surface area contributed by atoms with Crippen molar-refractivity contribution >= 4 is 17.5 Å². The number of phenols is 1. The molecule has 19 heavy (non-hydrogen) atoms. The van der Waals surface area contributed by atoms with E-state index in [1.54, 1.807) is 6.07 Å². The summed E-state index contributed by atoms with van der Waals surface area (Å²) in [6.07, 6.45) is 1.30. The number of aliphatic hydroxyl groups is 1. The molecular formula is C14H20ClNO3. The molecule has 1 aromatic carbocycles. The molecule has 0 aliphatic rings. The number of carbonyl (C=O) groups is 1. The topological polar surface area (TPSA) is 69.6 Å². The first kappa shape index (κ1) is 15.8. The van der Waals surface area contributed by atoms with E-state index >= 15 is 0 Å². The zero-order valence-electron chi connectivity index (χ0n) is 11.2. The van der Waals surface area contributed by atoms with Gasteiger partial charge in [-0.15, -0.1) is 0 Å². The van der Waals surface area contributed by atoms with Crippen molar-refractivity contribution < 1.29 is 15.0 Å². The zero-order chi connectivity index (χ0) is 14.5. The number of hydrogen-bond donors (Lipinski definition) is 3. The molecular weight excluding hydrogens is 266 g/mol. The number of hydrogen-bond acceptors (Lipinski definition) is 3. The summed E-state index contributed by atoms with van der Waals surface area (Å²) >= 11 is 5.93. The molecule has 0 fully saturated rings. The Balaban J connectivity index is 2.56. The van der Waals surface area contributed by atoms with Crippen LogP contribution in [-0.2, 0) is 11.2 Å². The van der Waals surface area contributed by atoms with Crippen LogP contribution in [-0.4, -0.2) is 28.3 Å². The Labute approximate surface area is 118 Å². The van der Waals surface area contributed by atoms with Crippen LogP contribution >= 0.6 is 11.6 Å². The Morgan fingerprint density at radius 2 is 2.00 bits per heavy atom. The minimum absolute atomic E-state index is 0.0699. The molecule has 4 nitrogen and oxygen atoms in total. The maximum absolute atomic E-state index is 11.8. The lowest BCUT2D eigenvalue weighted by Crippen LogP contribution is -2.42. The second-order valence-corrected chi connectivity index (χ2v) is 5.07. The summed E-state index contributed by atoms with van der Waals surface area (Å²) in [5.74, 6) is -0.131. The molecule has 0 atom stereocenters. The average Bonchev–Trinajstić information content (AvgIpc) is 2.39. The quantitative estimate of drug-likeness (QED) is 0.751. The fourth-order valence-corrected chi connectivity index (χ4v) is 1.92. The maximum atomic E-state index is 11.8. The van der Waals surface area contributed by atoms with Gasteiger partial charge in [0.15, 0.2) is 0 Å². The molecule has 0 radical (unpaired) electrons. The van der Waals surface area contributed by atoms with Crippen LogP contribution in [0.2, 0.25) is 5.02 Å². The van der Waals surface area contributed by atoms with Crippen LogP contribution in [0.4, 0.5) is 0 Å². The zero-order valence-corrected chi connectivity index (χ0v) is 12.0. The fraction of sp³-hybridized carbons (Fsp3) is 0.500. The maximum Gasteiger partial charge on any atom is 0.224 e. The second kappa shape index (κ2) is 6.78. The Bertz CT molecular complexity index is 444. The van der Waals surface area contributed by atoms with Crippen molar-refractivity contribution in [2.45, 2.75) is 38.7 Å². The average molecular weight is 286 g/mol. The van der Waals surface area contributed by atoms with Crippen molar-refractivity contribution in [3.8, 4) is 5.75 Å². The third-order valence-electron chi connectivity index (χ3n) is 3.32. The number of carbonyl (C=O) groups excluding carboxylic acids is 1. The number of phenolic OH excluding ortho intramolecular Hbond substituents is 1. The van der Waals surface area contributed by atoms with Crippen molar-refractivity contribution in [2.75, 3.05) is 6.54 Å². The third kappa shape index (κ3) is 4.73. The molecule has 1 aromatic rings. The highest BCUT2D eigenvalue weighted by atomic mass is 35.5. The van der Waals surface area contributed by atoms with Crippen LogP contribution in [0.25, 0.3) is 0 Å². The Hall–Kier alpha value is -1.26. The van der Waals surface area contributed by atoms with E-state index in [0.29, 0.717) is 23.4 Å². The van der Waals surface area contributed by atoms with Crippen LogP contribution in [0.15, 0.2) is 18.2 Å². The van der Waals surface area contributed by atoms with Crippen molar-refractivity contribution in [1.82, 2.24) is 5.32 Å². The van der Waals surface area contributed by atoms with E-state index in [4.69, 9.17) is 11.6 Å². The van der Waals surface area contributed by atoms with E-state index < -0.39 is 5.60 Å². The highest BCUT2D eigenvalue weighted by molar-refractivity contribution is 6.31. The highest BCUT2D eigenvalue weighted by Gasteiger charge is 2.22. The summed E-state index contributed by atoms with van der Waals surface area (Å²) in [7, 11) is 0. The Morgan fingerprint density at radius 1 is 1.37 bits per heavy atom. The van der Waals surface area contributed by atoms with Crippen molar-refractivity contribution in [3.05, 3.63) is 28.8 Å². The van der Waals surface area contributed by atoms with E-state index in [9.17, 15) is 15.0 Å². The predicted molar refractivity (Wildman–Crippen MR) is 75.4 cm³/mol. The molecule has 1 amide bonds. The van der Waals surface area contributed by atoms with Gasteiger partial charge in [0.2, 0.25) is 5.91 Å². The van der Waals surface area contributed by atoms with Gasteiger partial charge in [-0.1, -0.05) is 31.5 Å². The summed E-state index contributed by atoms with van der Waals surface area (Å²) < 4.78 is 0. The summed E-state index contributed by atoms with van der Waals surface area (Å²) in [5.41, 5.74) is -0.206. The molecule has 0 unspecified atom stereocenters. The van der Waals surface area contributed by atoms with Gasteiger partial charge in [0.25, 0.3) is 0 Å². The molecule has 1 rings (SSSR count). The number of aromatic hydroxyl groups is 1. The molecule has 0 aliphatic heterocycles. The summed E-state index contributed by atoms with van der Waals surface area (Å²) in [6.45, 7) is 3.99. The first-order valence-corrected chi connectivity index (χ1v) is 6.74. The minimum Gasteiger partial charge on any atom is -0.508 e. The van der Waals surface area contributed by atoms with Gasteiger partial charge in [-0.05, 0) is 30.5 Å². The normalized spacial score (nSPS) is 11.4. The van der Waals surface area contributed by atoms with E-state index in [1.165, 1.54) is 12.1 Å². The number of nitrogens with one attached hydrogen (secondary N) is 1. The fourth-order valence-electron chi connectivity index (χ4n) is 1.68. The van der Waals surface area contributed by atoms with Crippen LogP contribution in [0.1, 0.15) is 32.3 Å². The number of halogens is 1. The first-order chi connectivity index (χ1) is 8.90. The van der Waals surface area contributed by atoms with Gasteiger partial charge in [-0.3, -0.25) is 4.79 Å². The van der Waals surface area contributed by atoms with Gasteiger partial charge in [0.1, 0.15) is 5.75 Å². The van der Waals surface area contributed by atoms with Gasteiger partial charge in [-0.25, -0.2) is 0 Å². The number of rotatable bonds is 6. The van der Waals surface area contributed by atoms with E-state index in [0.717, 1.165) is 0 Å². The second-order valence-electron chi connectivity index (χ2n) is 4.66. The smallest absolute Gasteiger partial charge is 0.224 e. The first-order valence-electron chi connectivity index (χ1n) is 6.36. The molecule has 0 saturated heterocycles. The van der Waals surface area contributed by atoms with Crippen LogP contribution < -0.4 is 5.32 Å². The summed E-state index contributed by atoms with van der Waals surface area (Å²) in [6, 6.07) is 4.50. The van der Waals surface area contributed by atoms with Gasteiger partial charge in [0.05, 0.1) is 12.0 Å². The van der Waals surface area contributed by atoms with Gasteiger partial charge in [-0.2, -0.15) is 0 Å². The van der Waals surface area contributed by atoms with E-state index in [1.807, 2.05) is 13.8 Å². The van der Waals surface area contributed by atoms with Gasteiger partial charge in [0, 0.05) is 11.6 Å². The van der Waals surface area contributed by atoms with Crippen LogP contribution in [0.3, 0.4) is 0 Å². The lowest BCUT2D eigenvalue weighted by molar-refractivity contribution is -0.121. The molecule has 3 N–H and O–H groups in total. The monoisotopic (exact) mass is 285 g/mol. The Kier molecular flexibility index (Phi) is 5.63. The molecule has 0 spiro atoms. The molecule has 0 aliphatic carbocycles. The van der Waals surface area contributed by atoms with Gasteiger partial charge < -0.3 is 15.5 Å². The highest BCUT2D eigenvalue weighted by Crippen LogP contribution is 2.22. The van der Waals surface area contributed by atoms with Crippen molar-refractivity contribution in [3.63, 3.8) is 0 Å². The predicted octanol–water partition coefficient (Wildman–Crippen LogP) is 2.26. The lowest BCUT2D eigenvalue weighted by Gasteiger charge is -2.25. The van der Waals surface area contributed by atoms with E-state index in [2.05, 4.69) is 5.32 Å². The Morgan fingerprint density at radius 3 is 2.53 bits per heavy atom. The largest absolute Gasteiger partial charge is 0.508 e. The molecule has 0 aromatic heterocycles. The number of benzene rings is 1. The SMILES string of the molecule is CCC(O)(CC)CNC(=O)Cc1ccc(O)cc1Cl. The molecule has 5 heteroatoms. The van der Waals surface area contributed by atoms with E-state index in [-0.39, 0.29) is 24.6 Å². The third-order valence-corrected chi connectivity index (χ3v) is 3.67. The van der Waals surface area contributed by atoms with Crippen molar-refractivity contribution in [1.29, 1.82) is 0 Å². The molecule has 0 saturated carbocycles. The molecule has 106 valence electrons. The summed E-state index contributed by atoms with van der Waals surface area (Å²) in [5, 5.41) is 22.4. The van der Waals surface area contributed by atoms with Crippen molar-refractivity contribution in [2.24, 2.45) is 0 Å². The molecule has 0 bridgehead atoms.